The van der Waals surface area contributed by atoms with Gasteiger partial charge >= 0.3 is 0 Å². The van der Waals surface area contributed by atoms with E-state index in [1.54, 1.807) is 12.1 Å². The van der Waals surface area contributed by atoms with Crippen molar-refractivity contribution in [2.45, 2.75) is 33.2 Å². The van der Waals surface area contributed by atoms with Crippen molar-refractivity contribution in [1.29, 1.82) is 0 Å². The first-order chi connectivity index (χ1) is 13.2. The van der Waals surface area contributed by atoms with Gasteiger partial charge in [-0.2, -0.15) is 0 Å². The Balaban J connectivity index is 1.54. The first-order valence-electron chi connectivity index (χ1n) is 9.98. The molecule has 0 radical (unpaired) electrons. The maximum absolute atomic E-state index is 14.4. The number of carbonyl (C=O) groups excluding carboxylic acids is 2. The molecule has 1 unspecified atom stereocenters. The molecule has 0 bridgehead atoms. The number of rotatable bonds is 4. The van der Waals surface area contributed by atoms with Crippen LogP contribution in [-0.2, 0) is 4.79 Å². The van der Waals surface area contributed by atoms with Crippen LogP contribution in [0.25, 0.3) is 0 Å². The van der Waals surface area contributed by atoms with Gasteiger partial charge in [-0.15, -0.1) is 0 Å². The highest BCUT2D eigenvalue weighted by Crippen LogP contribution is 2.28. The predicted molar refractivity (Wildman–Crippen MR) is 108 cm³/mol. The SMILES string of the molecule is CC(=O)c1ccc(N2CCN(C(=O)CN3CCC(N)C(C)(C)C3)CC2)c(F)c1. The Labute approximate surface area is 166 Å². The Morgan fingerprint density at radius 1 is 1.18 bits per heavy atom. The van der Waals surface area contributed by atoms with Gasteiger partial charge in [0.2, 0.25) is 5.91 Å². The summed E-state index contributed by atoms with van der Waals surface area (Å²) in [6.07, 6.45) is 0.906. The lowest BCUT2D eigenvalue weighted by Gasteiger charge is -2.43. The third-order valence-corrected chi connectivity index (χ3v) is 6.08. The van der Waals surface area contributed by atoms with Crippen molar-refractivity contribution < 1.29 is 14.0 Å². The van der Waals surface area contributed by atoms with Crippen molar-refractivity contribution in [3.05, 3.63) is 29.6 Å². The van der Waals surface area contributed by atoms with Gasteiger partial charge in [0.15, 0.2) is 5.78 Å². The Kier molecular flexibility index (Phi) is 6.05. The molecule has 1 amide bonds. The monoisotopic (exact) mass is 390 g/mol. The molecule has 2 heterocycles. The zero-order valence-corrected chi connectivity index (χ0v) is 17.1. The number of ketones is 1. The van der Waals surface area contributed by atoms with Gasteiger partial charge in [-0.3, -0.25) is 14.5 Å². The molecule has 2 fully saturated rings. The number of anilines is 1. The van der Waals surface area contributed by atoms with Gasteiger partial charge < -0.3 is 15.5 Å². The summed E-state index contributed by atoms with van der Waals surface area (Å²) in [7, 11) is 0. The van der Waals surface area contributed by atoms with E-state index in [-0.39, 0.29) is 29.0 Å². The second-order valence-corrected chi connectivity index (χ2v) is 8.68. The molecule has 0 aliphatic carbocycles. The van der Waals surface area contributed by atoms with Crippen LogP contribution in [-0.4, -0.2) is 73.3 Å². The number of piperazine rings is 1. The Hall–Kier alpha value is -1.99. The highest BCUT2D eigenvalue weighted by atomic mass is 19.1. The van der Waals surface area contributed by atoms with E-state index in [4.69, 9.17) is 5.73 Å². The average Bonchev–Trinajstić information content (AvgIpc) is 2.64. The predicted octanol–water partition coefficient (Wildman–Crippen LogP) is 1.74. The summed E-state index contributed by atoms with van der Waals surface area (Å²) < 4.78 is 14.4. The molecular formula is C21H31FN4O2. The van der Waals surface area contributed by atoms with E-state index in [2.05, 4.69) is 18.7 Å². The van der Waals surface area contributed by atoms with E-state index < -0.39 is 0 Å². The summed E-state index contributed by atoms with van der Waals surface area (Å²) in [6.45, 7) is 10.1. The number of benzene rings is 1. The molecule has 1 aromatic rings. The molecule has 2 aliphatic heterocycles. The van der Waals surface area contributed by atoms with E-state index in [1.165, 1.54) is 13.0 Å². The van der Waals surface area contributed by atoms with Crippen molar-refractivity contribution in [3.8, 4) is 0 Å². The number of Topliss-reactive ketones (excluding diaryl/α,β-unsaturated/α-hetero) is 1. The Morgan fingerprint density at radius 2 is 1.86 bits per heavy atom. The van der Waals surface area contributed by atoms with Crippen LogP contribution in [0.5, 0.6) is 0 Å². The molecular weight excluding hydrogens is 359 g/mol. The number of hydrogen-bond acceptors (Lipinski definition) is 5. The molecule has 0 spiro atoms. The summed E-state index contributed by atoms with van der Waals surface area (Å²) in [5.74, 6) is -0.416. The summed E-state index contributed by atoms with van der Waals surface area (Å²) in [5, 5.41) is 0. The molecule has 2 aliphatic rings. The fraction of sp³-hybridized carbons (Fsp3) is 0.619. The number of piperidine rings is 1. The van der Waals surface area contributed by atoms with Crippen molar-refractivity contribution >= 4 is 17.4 Å². The van der Waals surface area contributed by atoms with Gasteiger partial charge in [-0.25, -0.2) is 4.39 Å². The number of halogens is 1. The summed E-state index contributed by atoms with van der Waals surface area (Å²) in [4.78, 5) is 30.1. The zero-order valence-electron chi connectivity index (χ0n) is 17.1. The van der Waals surface area contributed by atoms with Gasteiger partial charge in [-0.1, -0.05) is 13.8 Å². The first kappa shape index (κ1) is 20.7. The van der Waals surface area contributed by atoms with Crippen molar-refractivity contribution in [3.63, 3.8) is 0 Å². The molecule has 154 valence electrons. The quantitative estimate of drug-likeness (QED) is 0.793. The van der Waals surface area contributed by atoms with E-state index in [0.29, 0.717) is 44.0 Å². The maximum atomic E-state index is 14.4. The number of nitrogens with zero attached hydrogens (tertiary/aromatic N) is 3. The smallest absolute Gasteiger partial charge is 0.236 e. The molecule has 3 rings (SSSR count). The standard InChI is InChI=1S/C21H31FN4O2/c1-15(27)16-4-5-18(17(22)12-16)25-8-10-26(11-9-25)20(28)13-24-7-6-19(23)21(2,3)14-24/h4-5,12,19H,6-11,13-14,23H2,1-3H3. The van der Waals surface area contributed by atoms with Crippen LogP contribution in [0.2, 0.25) is 0 Å². The summed E-state index contributed by atoms with van der Waals surface area (Å²) in [5.41, 5.74) is 7.06. The van der Waals surface area contributed by atoms with Crippen LogP contribution in [0.1, 0.15) is 37.6 Å². The number of carbonyl (C=O) groups is 2. The van der Waals surface area contributed by atoms with Crippen LogP contribution in [0.4, 0.5) is 10.1 Å². The van der Waals surface area contributed by atoms with Crippen LogP contribution < -0.4 is 10.6 Å². The minimum absolute atomic E-state index is 0.0147. The van der Waals surface area contributed by atoms with Crippen LogP contribution in [0, 0.1) is 11.2 Å². The molecule has 0 aromatic heterocycles. The first-order valence-corrected chi connectivity index (χ1v) is 9.98. The lowest BCUT2D eigenvalue weighted by atomic mass is 9.80. The topological polar surface area (TPSA) is 69.9 Å². The molecule has 1 atom stereocenters. The summed E-state index contributed by atoms with van der Waals surface area (Å²) >= 11 is 0. The van der Waals surface area contributed by atoms with Gasteiger partial charge in [0.25, 0.3) is 0 Å². The molecule has 2 N–H and O–H groups in total. The van der Waals surface area contributed by atoms with E-state index in [9.17, 15) is 14.0 Å². The minimum atomic E-state index is -0.389. The van der Waals surface area contributed by atoms with Crippen molar-refractivity contribution in [2.75, 3.05) is 50.7 Å². The van der Waals surface area contributed by atoms with Crippen LogP contribution in [0.3, 0.4) is 0 Å². The third-order valence-electron chi connectivity index (χ3n) is 6.08. The van der Waals surface area contributed by atoms with Gasteiger partial charge in [0.1, 0.15) is 5.82 Å². The summed E-state index contributed by atoms with van der Waals surface area (Å²) in [6, 6.07) is 4.77. The van der Waals surface area contributed by atoms with E-state index >= 15 is 0 Å². The largest absolute Gasteiger partial charge is 0.366 e. The lowest BCUT2D eigenvalue weighted by molar-refractivity contribution is -0.133. The second kappa shape index (κ2) is 8.17. The molecule has 7 heteroatoms. The number of hydrogen-bond donors (Lipinski definition) is 1. The highest BCUT2D eigenvalue weighted by Gasteiger charge is 2.34. The van der Waals surface area contributed by atoms with Gasteiger partial charge in [0, 0.05) is 50.9 Å². The van der Waals surface area contributed by atoms with Crippen molar-refractivity contribution in [1.82, 2.24) is 9.80 Å². The van der Waals surface area contributed by atoms with Crippen LogP contribution >= 0.6 is 0 Å². The minimum Gasteiger partial charge on any atom is -0.366 e. The average molecular weight is 391 g/mol. The highest BCUT2D eigenvalue weighted by molar-refractivity contribution is 5.94. The number of nitrogens with two attached hydrogens (primary N) is 1. The van der Waals surface area contributed by atoms with Crippen molar-refractivity contribution in [2.24, 2.45) is 11.1 Å². The lowest BCUT2D eigenvalue weighted by Crippen LogP contribution is -2.56. The molecule has 2 saturated heterocycles. The van der Waals surface area contributed by atoms with Gasteiger partial charge in [-0.05, 0) is 37.0 Å². The Bertz CT molecular complexity index is 744. The maximum Gasteiger partial charge on any atom is 0.236 e. The molecule has 0 saturated carbocycles. The third kappa shape index (κ3) is 4.52. The second-order valence-electron chi connectivity index (χ2n) is 8.68. The normalized spacial score (nSPS) is 23.0. The van der Waals surface area contributed by atoms with E-state index in [0.717, 1.165) is 19.5 Å². The molecule has 28 heavy (non-hydrogen) atoms. The molecule has 6 nitrogen and oxygen atoms in total. The fourth-order valence-electron chi connectivity index (χ4n) is 4.09. The number of likely N-dealkylation sites (tertiary alicyclic amines) is 1. The molecule has 1 aromatic carbocycles. The Morgan fingerprint density at radius 3 is 2.43 bits per heavy atom. The number of amides is 1. The van der Waals surface area contributed by atoms with Crippen LogP contribution in [0.15, 0.2) is 18.2 Å². The zero-order chi connectivity index (χ0) is 20.5. The fourth-order valence-corrected chi connectivity index (χ4v) is 4.09. The van der Waals surface area contributed by atoms with Gasteiger partial charge in [0.05, 0.1) is 12.2 Å². The van der Waals surface area contributed by atoms with E-state index in [1.807, 2.05) is 9.80 Å².